The molecular weight excluding hydrogens is 252 g/mol. The molecule has 1 unspecified atom stereocenters. The molecule has 0 spiro atoms. The Hall–Kier alpha value is -1.83. The third-order valence-corrected chi connectivity index (χ3v) is 3.52. The van der Waals surface area contributed by atoms with Crippen molar-refractivity contribution in [2.45, 2.75) is 6.42 Å². The highest BCUT2D eigenvalue weighted by Gasteiger charge is 2.31. The summed E-state index contributed by atoms with van der Waals surface area (Å²) in [6.07, 6.45) is 1.98. The molecule has 1 aliphatic rings. The summed E-state index contributed by atoms with van der Waals surface area (Å²) in [6, 6.07) is 0. The Kier molecular flexibility index (Phi) is 2.58. The second-order valence-corrected chi connectivity index (χ2v) is 4.63. The van der Waals surface area contributed by atoms with Crippen LogP contribution < -0.4 is 10.6 Å². The zero-order valence-corrected chi connectivity index (χ0v) is 10.4. The van der Waals surface area contributed by atoms with Crippen molar-refractivity contribution in [2.24, 2.45) is 5.92 Å². The first kappa shape index (κ1) is 11.3. The lowest BCUT2D eigenvalue weighted by molar-refractivity contribution is -0.117. The van der Waals surface area contributed by atoms with E-state index in [1.54, 1.807) is 4.90 Å². The molecule has 2 aromatic rings. The van der Waals surface area contributed by atoms with E-state index in [1.165, 1.54) is 6.33 Å². The van der Waals surface area contributed by atoms with E-state index in [9.17, 15) is 4.79 Å². The standard InChI is InChI=1S/C10H12N6OS/c11-8-7-9(13-4-12-7)15-10(14-8)16-2-5(3-18)1-6(16)17/h4-5,18H,1-3H2,(H3,11,12,13,14,15). The summed E-state index contributed by atoms with van der Waals surface area (Å²) in [6.45, 7) is 0.581. The third kappa shape index (κ3) is 1.69. The smallest absolute Gasteiger partial charge is 0.236 e. The first-order valence-corrected chi connectivity index (χ1v) is 6.20. The van der Waals surface area contributed by atoms with Crippen LogP contribution in [0.2, 0.25) is 0 Å². The molecule has 2 aromatic heterocycles. The molecule has 1 fully saturated rings. The van der Waals surface area contributed by atoms with Crippen LogP contribution in [-0.4, -0.2) is 38.1 Å². The van der Waals surface area contributed by atoms with Crippen molar-refractivity contribution in [3.05, 3.63) is 6.33 Å². The molecule has 18 heavy (non-hydrogen) atoms. The van der Waals surface area contributed by atoms with Crippen LogP contribution in [0.5, 0.6) is 0 Å². The Balaban J connectivity index is 2.01. The minimum absolute atomic E-state index is 0.00309. The number of thiol groups is 1. The molecule has 1 atom stereocenters. The molecule has 7 nitrogen and oxygen atoms in total. The van der Waals surface area contributed by atoms with Gasteiger partial charge in [0, 0.05) is 13.0 Å². The van der Waals surface area contributed by atoms with Gasteiger partial charge in [0.1, 0.15) is 5.52 Å². The van der Waals surface area contributed by atoms with Gasteiger partial charge in [-0.05, 0) is 11.7 Å². The second-order valence-electron chi connectivity index (χ2n) is 4.27. The molecule has 0 radical (unpaired) electrons. The Morgan fingerprint density at radius 2 is 2.39 bits per heavy atom. The summed E-state index contributed by atoms with van der Waals surface area (Å²) in [7, 11) is 0. The Labute approximate surface area is 108 Å². The maximum Gasteiger partial charge on any atom is 0.236 e. The van der Waals surface area contributed by atoms with Gasteiger partial charge in [0.25, 0.3) is 0 Å². The number of hydrogen-bond donors (Lipinski definition) is 3. The first-order valence-electron chi connectivity index (χ1n) is 5.57. The average molecular weight is 264 g/mol. The van der Waals surface area contributed by atoms with Crippen LogP contribution >= 0.6 is 12.6 Å². The number of amides is 1. The fourth-order valence-electron chi connectivity index (χ4n) is 2.06. The Morgan fingerprint density at radius 1 is 1.56 bits per heavy atom. The second kappa shape index (κ2) is 4.13. The lowest BCUT2D eigenvalue weighted by atomic mass is 10.1. The molecule has 1 saturated heterocycles. The van der Waals surface area contributed by atoms with E-state index >= 15 is 0 Å². The molecular formula is C10H12N6OS. The van der Waals surface area contributed by atoms with Crippen molar-refractivity contribution in [2.75, 3.05) is 22.9 Å². The molecule has 1 amide bonds. The molecule has 0 aromatic carbocycles. The molecule has 94 valence electrons. The van der Waals surface area contributed by atoms with Crippen LogP contribution in [0.15, 0.2) is 6.33 Å². The van der Waals surface area contributed by atoms with Crippen LogP contribution in [0.1, 0.15) is 6.42 Å². The fourth-order valence-corrected chi connectivity index (χ4v) is 2.31. The number of hydrogen-bond acceptors (Lipinski definition) is 6. The highest BCUT2D eigenvalue weighted by Crippen LogP contribution is 2.25. The van der Waals surface area contributed by atoms with Crippen molar-refractivity contribution in [1.29, 1.82) is 0 Å². The van der Waals surface area contributed by atoms with Gasteiger partial charge in [0.15, 0.2) is 11.5 Å². The Bertz CT molecular complexity index is 611. The van der Waals surface area contributed by atoms with Gasteiger partial charge in [-0.2, -0.15) is 22.6 Å². The summed E-state index contributed by atoms with van der Waals surface area (Å²) in [5, 5.41) is 0. The van der Waals surface area contributed by atoms with Gasteiger partial charge < -0.3 is 10.7 Å². The number of anilines is 2. The SMILES string of the molecule is Nc1nc(N2CC(CS)CC2=O)nc2nc[nH]c12. The van der Waals surface area contributed by atoms with Crippen LogP contribution in [-0.2, 0) is 4.79 Å². The zero-order valence-electron chi connectivity index (χ0n) is 9.50. The number of imidazole rings is 1. The van der Waals surface area contributed by atoms with Gasteiger partial charge in [-0.3, -0.25) is 9.69 Å². The van der Waals surface area contributed by atoms with Gasteiger partial charge in [0.2, 0.25) is 11.9 Å². The molecule has 1 aliphatic heterocycles. The lowest BCUT2D eigenvalue weighted by Gasteiger charge is -2.14. The van der Waals surface area contributed by atoms with Gasteiger partial charge in [-0.15, -0.1) is 0 Å². The van der Waals surface area contributed by atoms with E-state index in [1.807, 2.05) is 0 Å². The van der Waals surface area contributed by atoms with E-state index < -0.39 is 0 Å². The quantitative estimate of drug-likeness (QED) is 0.673. The van der Waals surface area contributed by atoms with E-state index in [-0.39, 0.29) is 11.8 Å². The minimum atomic E-state index is 0.00309. The van der Waals surface area contributed by atoms with E-state index in [0.717, 1.165) is 0 Å². The maximum absolute atomic E-state index is 11.9. The lowest BCUT2D eigenvalue weighted by Crippen LogP contribution is -2.27. The van der Waals surface area contributed by atoms with Crippen LogP contribution in [0, 0.1) is 5.92 Å². The molecule has 3 heterocycles. The van der Waals surface area contributed by atoms with E-state index in [0.29, 0.717) is 41.6 Å². The number of nitrogen functional groups attached to an aromatic ring is 1. The van der Waals surface area contributed by atoms with Crippen molar-refractivity contribution < 1.29 is 4.79 Å². The zero-order chi connectivity index (χ0) is 12.7. The van der Waals surface area contributed by atoms with Crippen LogP contribution in [0.25, 0.3) is 11.2 Å². The molecule has 8 heteroatoms. The number of aromatic nitrogens is 4. The summed E-state index contributed by atoms with van der Waals surface area (Å²) in [4.78, 5) is 28.7. The third-order valence-electron chi connectivity index (χ3n) is 3.01. The normalized spacial score (nSPS) is 19.9. The highest BCUT2D eigenvalue weighted by molar-refractivity contribution is 7.80. The summed E-state index contributed by atoms with van der Waals surface area (Å²) in [5.41, 5.74) is 6.87. The summed E-state index contributed by atoms with van der Waals surface area (Å²) < 4.78 is 0. The van der Waals surface area contributed by atoms with Crippen LogP contribution in [0.3, 0.4) is 0 Å². The van der Waals surface area contributed by atoms with Crippen LogP contribution in [0.4, 0.5) is 11.8 Å². The van der Waals surface area contributed by atoms with Gasteiger partial charge in [-0.25, -0.2) is 4.98 Å². The van der Waals surface area contributed by atoms with Crippen molar-refractivity contribution in [3.8, 4) is 0 Å². The Morgan fingerprint density at radius 3 is 3.11 bits per heavy atom. The monoisotopic (exact) mass is 264 g/mol. The van der Waals surface area contributed by atoms with Crippen molar-refractivity contribution in [1.82, 2.24) is 19.9 Å². The average Bonchev–Trinajstić information content (AvgIpc) is 2.95. The molecule has 0 aliphatic carbocycles. The number of carbonyl (C=O) groups excluding carboxylic acids is 1. The highest BCUT2D eigenvalue weighted by atomic mass is 32.1. The number of fused-ring (bicyclic) bond motifs is 1. The predicted molar refractivity (Wildman–Crippen MR) is 70.4 cm³/mol. The number of nitrogens with two attached hydrogens (primary N) is 1. The van der Waals surface area contributed by atoms with Gasteiger partial charge >= 0.3 is 0 Å². The van der Waals surface area contributed by atoms with E-state index in [2.05, 4.69) is 32.6 Å². The minimum Gasteiger partial charge on any atom is -0.382 e. The summed E-state index contributed by atoms with van der Waals surface area (Å²) >= 11 is 4.22. The van der Waals surface area contributed by atoms with E-state index in [4.69, 9.17) is 5.73 Å². The molecule has 3 rings (SSSR count). The van der Waals surface area contributed by atoms with Gasteiger partial charge in [0.05, 0.1) is 6.33 Å². The number of aromatic amines is 1. The molecule has 0 saturated carbocycles. The molecule has 0 bridgehead atoms. The largest absolute Gasteiger partial charge is 0.382 e. The number of nitrogens with zero attached hydrogens (tertiary/aromatic N) is 4. The predicted octanol–water partition coefficient (Wildman–Crippen LogP) is 0.218. The van der Waals surface area contributed by atoms with Gasteiger partial charge in [-0.1, -0.05) is 0 Å². The van der Waals surface area contributed by atoms with Crippen molar-refractivity contribution in [3.63, 3.8) is 0 Å². The first-order chi connectivity index (χ1) is 8.69. The molecule has 3 N–H and O–H groups in total. The number of H-pyrrole nitrogens is 1. The number of carbonyl (C=O) groups is 1. The number of rotatable bonds is 2. The summed E-state index contributed by atoms with van der Waals surface area (Å²) in [5.74, 6) is 1.53. The number of nitrogens with one attached hydrogen (secondary N) is 1. The maximum atomic E-state index is 11.9. The topological polar surface area (TPSA) is 101 Å². The van der Waals surface area contributed by atoms with Crippen molar-refractivity contribution >= 4 is 41.5 Å². The fraction of sp³-hybridized carbons (Fsp3) is 0.400.